The quantitative estimate of drug-likeness (QED) is 0.828. The van der Waals surface area contributed by atoms with Crippen molar-refractivity contribution in [2.45, 2.75) is 6.92 Å². The number of nitrogens with one attached hydrogen (secondary N) is 1. The third kappa shape index (κ3) is 3.12. The number of benzene rings is 2. The number of carbonyl (C=O) groups is 1. The molecule has 19 heavy (non-hydrogen) atoms. The van der Waals surface area contributed by atoms with Gasteiger partial charge < -0.3 is 11.1 Å². The fourth-order valence-corrected chi connectivity index (χ4v) is 1.81. The number of hydrogen-bond donors (Lipinski definition) is 2. The monoisotopic (exact) mass is 322 g/mol. The molecule has 0 aliphatic carbocycles. The molecule has 0 aliphatic rings. The summed E-state index contributed by atoms with van der Waals surface area (Å²) in [7, 11) is 0. The average molecular weight is 323 g/mol. The van der Waals surface area contributed by atoms with E-state index in [9.17, 15) is 9.18 Å². The maximum absolute atomic E-state index is 13.4. The number of rotatable bonds is 2. The minimum absolute atomic E-state index is 0.331. The van der Waals surface area contributed by atoms with Gasteiger partial charge in [-0.05, 0) is 58.7 Å². The molecule has 0 atom stereocenters. The summed E-state index contributed by atoms with van der Waals surface area (Å²) >= 11 is 3.26. The highest BCUT2D eigenvalue weighted by Crippen LogP contribution is 2.21. The van der Waals surface area contributed by atoms with E-state index in [0.29, 0.717) is 22.5 Å². The molecule has 3 nitrogen and oxygen atoms in total. The van der Waals surface area contributed by atoms with E-state index >= 15 is 0 Å². The van der Waals surface area contributed by atoms with Gasteiger partial charge in [0.1, 0.15) is 5.82 Å². The molecule has 0 fully saturated rings. The molecule has 0 spiro atoms. The molecule has 98 valence electrons. The van der Waals surface area contributed by atoms with Crippen LogP contribution in [0.3, 0.4) is 0 Å². The Kier molecular flexibility index (Phi) is 3.85. The normalized spacial score (nSPS) is 10.3. The third-order valence-electron chi connectivity index (χ3n) is 2.69. The first-order valence-electron chi connectivity index (χ1n) is 5.60. The van der Waals surface area contributed by atoms with E-state index in [4.69, 9.17) is 5.73 Å². The van der Waals surface area contributed by atoms with Crippen molar-refractivity contribution in [3.8, 4) is 0 Å². The first kappa shape index (κ1) is 13.5. The molecule has 0 aliphatic heterocycles. The molecule has 3 N–H and O–H groups in total. The van der Waals surface area contributed by atoms with Gasteiger partial charge in [0.05, 0.1) is 0 Å². The molecule has 1 amide bonds. The minimum Gasteiger partial charge on any atom is -0.398 e. The predicted octanol–water partition coefficient (Wildman–Crippen LogP) is 3.73. The van der Waals surface area contributed by atoms with Crippen molar-refractivity contribution in [1.82, 2.24) is 0 Å². The van der Waals surface area contributed by atoms with Gasteiger partial charge in [0.25, 0.3) is 5.91 Å². The lowest BCUT2D eigenvalue weighted by atomic mass is 10.1. The van der Waals surface area contributed by atoms with Gasteiger partial charge >= 0.3 is 0 Å². The second-order valence-electron chi connectivity index (χ2n) is 4.15. The Bertz CT molecular complexity index is 643. The first-order valence-corrected chi connectivity index (χ1v) is 6.39. The zero-order chi connectivity index (χ0) is 14.0. The highest BCUT2D eigenvalue weighted by Gasteiger charge is 2.08. The largest absolute Gasteiger partial charge is 0.398 e. The molecule has 0 aromatic heterocycles. The Labute approximate surface area is 118 Å². The number of anilines is 2. The van der Waals surface area contributed by atoms with E-state index in [0.717, 1.165) is 4.47 Å². The summed E-state index contributed by atoms with van der Waals surface area (Å²) in [5.41, 5.74) is 7.55. The summed E-state index contributed by atoms with van der Waals surface area (Å²) in [4.78, 5) is 12.0. The van der Waals surface area contributed by atoms with Crippen molar-refractivity contribution in [1.29, 1.82) is 0 Å². The first-order chi connectivity index (χ1) is 8.97. The van der Waals surface area contributed by atoms with E-state index in [2.05, 4.69) is 21.2 Å². The summed E-state index contributed by atoms with van der Waals surface area (Å²) in [5.74, 6) is -0.685. The van der Waals surface area contributed by atoms with Crippen molar-refractivity contribution in [3.05, 3.63) is 57.8 Å². The van der Waals surface area contributed by atoms with Crippen LogP contribution in [-0.4, -0.2) is 5.91 Å². The van der Waals surface area contributed by atoms with Crippen molar-refractivity contribution in [2.24, 2.45) is 0 Å². The molecule has 0 radical (unpaired) electrons. The maximum atomic E-state index is 13.4. The minimum atomic E-state index is -0.354. The van der Waals surface area contributed by atoms with Gasteiger partial charge in [0.2, 0.25) is 0 Å². The smallest absolute Gasteiger partial charge is 0.255 e. The second-order valence-corrected chi connectivity index (χ2v) is 5.01. The molecule has 0 unspecified atom stereocenters. The molecule has 2 aromatic rings. The van der Waals surface area contributed by atoms with Crippen LogP contribution in [0.15, 0.2) is 40.9 Å². The molecule has 5 heteroatoms. The number of carbonyl (C=O) groups excluding carboxylic acids is 1. The van der Waals surface area contributed by atoms with Gasteiger partial charge in [0.15, 0.2) is 0 Å². The van der Waals surface area contributed by atoms with E-state index in [1.807, 2.05) is 0 Å². The van der Waals surface area contributed by atoms with Crippen molar-refractivity contribution < 1.29 is 9.18 Å². The Morgan fingerprint density at radius 1 is 1.26 bits per heavy atom. The van der Waals surface area contributed by atoms with Crippen LogP contribution >= 0.6 is 15.9 Å². The van der Waals surface area contributed by atoms with Gasteiger partial charge in [-0.3, -0.25) is 4.79 Å². The van der Waals surface area contributed by atoms with E-state index in [-0.39, 0.29) is 11.7 Å². The highest BCUT2D eigenvalue weighted by atomic mass is 79.9. The Balaban J connectivity index is 2.20. The molecule has 0 heterocycles. The number of hydrogen-bond acceptors (Lipinski definition) is 2. The van der Waals surface area contributed by atoms with Gasteiger partial charge in [0, 0.05) is 21.4 Å². The molecule has 0 bridgehead atoms. The lowest BCUT2D eigenvalue weighted by Crippen LogP contribution is -2.12. The standard InChI is InChI=1S/C14H12BrFN2O/c1-8-2-4-10(7-12(8)16)18-14(19)9-3-5-11(15)13(17)6-9/h2-7H,17H2,1H3,(H,18,19). The fraction of sp³-hybridized carbons (Fsp3) is 0.0714. The van der Waals surface area contributed by atoms with Crippen LogP contribution in [0.1, 0.15) is 15.9 Å². The zero-order valence-corrected chi connectivity index (χ0v) is 11.8. The van der Waals surface area contributed by atoms with Gasteiger partial charge in [-0.2, -0.15) is 0 Å². The van der Waals surface area contributed by atoms with E-state index < -0.39 is 0 Å². The average Bonchev–Trinajstić information content (AvgIpc) is 2.37. The van der Waals surface area contributed by atoms with Gasteiger partial charge in [-0.1, -0.05) is 6.07 Å². The van der Waals surface area contributed by atoms with E-state index in [1.165, 1.54) is 6.07 Å². The molecule has 2 rings (SSSR count). The van der Waals surface area contributed by atoms with Crippen LogP contribution in [0.5, 0.6) is 0 Å². The number of aryl methyl sites for hydroxylation is 1. The van der Waals surface area contributed by atoms with Crippen LogP contribution in [0.2, 0.25) is 0 Å². The molecule has 2 aromatic carbocycles. The van der Waals surface area contributed by atoms with Crippen LogP contribution in [0.25, 0.3) is 0 Å². The maximum Gasteiger partial charge on any atom is 0.255 e. The second kappa shape index (κ2) is 5.40. The number of nitrogen functional groups attached to an aromatic ring is 1. The summed E-state index contributed by atoms with van der Waals surface area (Å²) in [5, 5.41) is 2.62. The molecule has 0 saturated heterocycles. The van der Waals surface area contributed by atoms with Crippen LogP contribution < -0.4 is 11.1 Å². The van der Waals surface area contributed by atoms with Gasteiger partial charge in [-0.15, -0.1) is 0 Å². The summed E-state index contributed by atoms with van der Waals surface area (Å²) in [6.45, 7) is 1.66. The molecule has 0 saturated carbocycles. The summed E-state index contributed by atoms with van der Waals surface area (Å²) in [6, 6.07) is 9.44. The predicted molar refractivity (Wildman–Crippen MR) is 77.6 cm³/mol. The SMILES string of the molecule is Cc1ccc(NC(=O)c2ccc(Br)c(N)c2)cc1F. The Morgan fingerprint density at radius 2 is 2.00 bits per heavy atom. The lowest BCUT2D eigenvalue weighted by Gasteiger charge is -2.07. The van der Waals surface area contributed by atoms with Crippen molar-refractivity contribution in [3.63, 3.8) is 0 Å². The summed E-state index contributed by atoms with van der Waals surface area (Å²) in [6.07, 6.45) is 0. The number of nitrogens with two attached hydrogens (primary N) is 1. The zero-order valence-electron chi connectivity index (χ0n) is 10.2. The Hall–Kier alpha value is -1.88. The summed E-state index contributed by atoms with van der Waals surface area (Å²) < 4.78 is 14.1. The Morgan fingerprint density at radius 3 is 2.63 bits per heavy atom. The van der Waals surface area contributed by atoms with Crippen LogP contribution in [-0.2, 0) is 0 Å². The number of amides is 1. The lowest BCUT2D eigenvalue weighted by molar-refractivity contribution is 0.102. The van der Waals surface area contributed by atoms with Crippen LogP contribution in [0.4, 0.5) is 15.8 Å². The molecular formula is C14H12BrFN2O. The number of halogens is 2. The topological polar surface area (TPSA) is 55.1 Å². The van der Waals surface area contributed by atoms with Crippen molar-refractivity contribution in [2.75, 3.05) is 11.1 Å². The van der Waals surface area contributed by atoms with Crippen LogP contribution in [0, 0.1) is 12.7 Å². The highest BCUT2D eigenvalue weighted by molar-refractivity contribution is 9.10. The fourth-order valence-electron chi connectivity index (χ4n) is 1.56. The van der Waals surface area contributed by atoms with Gasteiger partial charge in [-0.25, -0.2) is 4.39 Å². The van der Waals surface area contributed by atoms with E-state index in [1.54, 1.807) is 37.3 Å². The van der Waals surface area contributed by atoms with Crippen molar-refractivity contribution >= 4 is 33.2 Å². The molecular weight excluding hydrogens is 311 g/mol. The third-order valence-corrected chi connectivity index (χ3v) is 3.41.